The summed E-state index contributed by atoms with van der Waals surface area (Å²) >= 11 is 3.10. The van der Waals surface area contributed by atoms with Crippen LogP contribution < -0.4 is 4.90 Å². The monoisotopic (exact) mass is 238 g/mol. The van der Waals surface area contributed by atoms with Gasteiger partial charge in [0.25, 0.3) is 0 Å². The summed E-state index contributed by atoms with van der Waals surface area (Å²) in [4.78, 5) is 17.4. The normalized spacial score (nSPS) is 10.2. The van der Waals surface area contributed by atoms with Gasteiger partial charge in [-0.1, -0.05) is 11.3 Å². The summed E-state index contributed by atoms with van der Waals surface area (Å²) in [5.41, 5.74) is 1.27. The number of aromatic nitrogens is 1. The molecule has 2 rings (SSSR count). The maximum Gasteiger partial charge on any atom is 0.185 e. The average molecular weight is 238 g/mol. The van der Waals surface area contributed by atoms with E-state index in [-0.39, 0.29) is 0 Å². The van der Waals surface area contributed by atoms with Crippen LogP contribution in [-0.2, 0) is 6.54 Å². The van der Waals surface area contributed by atoms with Crippen molar-refractivity contribution in [1.29, 1.82) is 0 Å². The van der Waals surface area contributed by atoms with Crippen molar-refractivity contribution in [3.8, 4) is 0 Å². The third-order valence-corrected chi connectivity index (χ3v) is 3.72. The second-order valence-corrected chi connectivity index (χ2v) is 4.97. The Balaban J connectivity index is 2.07. The molecule has 0 spiro atoms. The molecule has 0 atom stereocenters. The molecular formula is C10H10N2OS2. The molecule has 0 aliphatic heterocycles. The van der Waals surface area contributed by atoms with Crippen molar-refractivity contribution in [2.45, 2.75) is 6.54 Å². The molecule has 78 valence electrons. The number of thiophene rings is 1. The molecule has 15 heavy (non-hydrogen) atoms. The second-order valence-electron chi connectivity index (χ2n) is 3.15. The highest BCUT2D eigenvalue weighted by molar-refractivity contribution is 7.17. The molecule has 0 unspecified atom stereocenters. The van der Waals surface area contributed by atoms with Crippen LogP contribution in [0.2, 0.25) is 0 Å². The van der Waals surface area contributed by atoms with E-state index in [4.69, 9.17) is 0 Å². The lowest BCUT2D eigenvalue weighted by atomic mass is 10.3. The summed E-state index contributed by atoms with van der Waals surface area (Å²) in [5.74, 6) is 0. The lowest BCUT2D eigenvalue weighted by Crippen LogP contribution is -2.15. The predicted molar refractivity (Wildman–Crippen MR) is 63.9 cm³/mol. The Morgan fingerprint density at radius 1 is 1.60 bits per heavy atom. The van der Waals surface area contributed by atoms with E-state index in [0.29, 0.717) is 4.88 Å². The Hall–Kier alpha value is -1.20. The maximum atomic E-state index is 10.5. The minimum atomic E-state index is 0.669. The van der Waals surface area contributed by atoms with E-state index >= 15 is 0 Å². The Morgan fingerprint density at radius 2 is 2.47 bits per heavy atom. The summed E-state index contributed by atoms with van der Waals surface area (Å²) in [7, 11) is 1.98. The van der Waals surface area contributed by atoms with Crippen LogP contribution >= 0.6 is 22.7 Å². The van der Waals surface area contributed by atoms with Gasteiger partial charge in [-0.15, -0.1) is 0 Å². The Kier molecular flexibility index (Phi) is 3.13. The Bertz CT molecular complexity index is 436. The fourth-order valence-corrected chi connectivity index (χ4v) is 2.58. The summed E-state index contributed by atoms with van der Waals surface area (Å²) < 4.78 is 0. The van der Waals surface area contributed by atoms with Crippen molar-refractivity contribution in [1.82, 2.24) is 4.98 Å². The predicted octanol–water partition coefficient (Wildman–Crippen LogP) is 2.65. The van der Waals surface area contributed by atoms with Crippen LogP contribution in [0.4, 0.5) is 5.13 Å². The van der Waals surface area contributed by atoms with Gasteiger partial charge in [0.15, 0.2) is 11.4 Å². The number of hydrogen-bond acceptors (Lipinski definition) is 5. The first kappa shape index (κ1) is 10.3. The van der Waals surface area contributed by atoms with Gasteiger partial charge >= 0.3 is 0 Å². The Labute approximate surface area is 96.0 Å². The lowest BCUT2D eigenvalue weighted by Gasteiger charge is -2.14. The zero-order valence-electron chi connectivity index (χ0n) is 8.21. The molecule has 0 N–H and O–H groups in total. The molecule has 2 heterocycles. The molecule has 0 saturated carbocycles. The number of aldehydes is 1. The van der Waals surface area contributed by atoms with Crippen molar-refractivity contribution in [3.05, 3.63) is 33.5 Å². The van der Waals surface area contributed by atoms with Crippen molar-refractivity contribution in [2.75, 3.05) is 11.9 Å². The molecule has 5 heteroatoms. The number of rotatable bonds is 4. The van der Waals surface area contributed by atoms with Crippen molar-refractivity contribution < 1.29 is 4.79 Å². The molecule has 0 bridgehead atoms. The number of thiazole rings is 1. The topological polar surface area (TPSA) is 33.2 Å². The highest BCUT2D eigenvalue weighted by atomic mass is 32.1. The molecule has 0 amide bonds. The minimum absolute atomic E-state index is 0.669. The van der Waals surface area contributed by atoms with Gasteiger partial charge in [0.2, 0.25) is 0 Å². The first-order chi connectivity index (χ1) is 7.29. The molecule has 0 saturated heterocycles. The van der Waals surface area contributed by atoms with Gasteiger partial charge in [-0.25, -0.2) is 4.98 Å². The number of hydrogen-bond donors (Lipinski definition) is 0. The van der Waals surface area contributed by atoms with Crippen molar-refractivity contribution in [2.24, 2.45) is 0 Å². The third-order valence-electron chi connectivity index (χ3n) is 1.95. The molecule has 2 aromatic heterocycles. The maximum absolute atomic E-state index is 10.5. The van der Waals surface area contributed by atoms with E-state index in [9.17, 15) is 4.79 Å². The van der Waals surface area contributed by atoms with Gasteiger partial charge in [-0.2, -0.15) is 11.3 Å². The van der Waals surface area contributed by atoms with Gasteiger partial charge in [-0.05, 0) is 22.4 Å². The SMILES string of the molecule is CN(Cc1ccsc1)c1ncc(C=O)s1. The van der Waals surface area contributed by atoms with Gasteiger partial charge in [0, 0.05) is 13.6 Å². The highest BCUT2D eigenvalue weighted by Crippen LogP contribution is 2.22. The number of carbonyl (C=O) groups is 1. The lowest BCUT2D eigenvalue weighted by molar-refractivity contribution is 0.112. The molecule has 0 fully saturated rings. The number of nitrogens with zero attached hydrogens (tertiary/aromatic N) is 2. The molecule has 2 aromatic rings. The van der Waals surface area contributed by atoms with Crippen LogP contribution in [0.1, 0.15) is 15.2 Å². The summed E-state index contributed by atoms with van der Waals surface area (Å²) in [6, 6.07) is 2.09. The Morgan fingerprint density at radius 3 is 3.07 bits per heavy atom. The van der Waals surface area contributed by atoms with E-state index in [2.05, 4.69) is 21.8 Å². The molecule has 0 aromatic carbocycles. The van der Waals surface area contributed by atoms with Crippen LogP contribution in [0.5, 0.6) is 0 Å². The van der Waals surface area contributed by atoms with Crippen LogP contribution in [0.15, 0.2) is 23.0 Å². The van der Waals surface area contributed by atoms with E-state index in [1.165, 1.54) is 16.9 Å². The van der Waals surface area contributed by atoms with Crippen molar-refractivity contribution >= 4 is 34.1 Å². The van der Waals surface area contributed by atoms with Gasteiger partial charge in [0.05, 0.1) is 11.1 Å². The van der Waals surface area contributed by atoms with E-state index in [0.717, 1.165) is 18.0 Å². The molecule has 0 aliphatic rings. The van der Waals surface area contributed by atoms with Gasteiger partial charge in [0.1, 0.15) is 0 Å². The molecule has 0 aliphatic carbocycles. The minimum Gasteiger partial charge on any atom is -0.347 e. The zero-order valence-corrected chi connectivity index (χ0v) is 9.85. The summed E-state index contributed by atoms with van der Waals surface area (Å²) in [6.45, 7) is 0.829. The van der Waals surface area contributed by atoms with Crippen LogP contribution in [0.25, 0.3) is 0 Å². The first-order valence-electron chi connectivity index (χ1n) is 4.43. The number of carbonyl (C=O) groups excluding carboxylic acids is 1. The quantitative estimate of drug-likeness (QED) is 0.768. The van der Waals surface area contributed by atoms with Crippen LogP contribution in [-0.4, -0.2) is 18.3 Å². The summed E-state index contributed by atoms with van der Waals surface area (Å²) in [5, 5.41) is 5.05. The fourth-order valence-electron chi connectivity index (χ4n) is 1.23. The van der Waals surface area contributed by atoms with Crippen molar-refractivity contribution in [3.63, 3.8) is 0 Å². The van der Waals surface area contributed by atoms with Gasteiger partial charge < -0.3 is 4.90 Å². The van der Waals surface area contributed by atoms with Gasteiger partial charge in [-0.3, -0.25) is 4.79 Å². The van der Waals surface area contributed by atoms with Crippen LogP contribution in [0.3, 0.4) is 0 Å². The van der Waals surface area contributed by atoms with Crippen LogP contribution in [0, 0.1) is 0 Å². The van der Waals surface area contributed by atoms with E-state index in [1.807, 2.05) is 11.9 Å². The standard InChI is InChI=1S/C10H10N2OS2/c1-12(5-8-2-3-14-7-8)10-11-4-9(6-13)15-10/h2-4,6-7H,5H2,1H3. The van der Waals surface area contributed by atoms with E-state index in [1.54, 1.807) is 17.5 Å². The van der Waals surface area contributed by atoms with E-state index < -0.39 is 0 Å². The summed E-state index contributed by atoms with van der Waals surface area (Å²) in [6.07, 6.45) is 2.44. The molecule has 0 radical (unpaired) electrons. The second kappa shape index (κ2) is 4.55. The highest BCUT2D eigenvalue weighted by Gasteiger charge is 2.07. The molecular weight excluding hydrogens is 228 g/mol. The smallest absolute Gasteiger partial charge is 0.185 e. The molecule has 3 nitrogen and oxygen atoms in total. The third kappa shape index (κ3) is 2.43. The number of anilines is 1. The average Bonchev–Trinajstić information content (AvgIpc) is 2.86. The largest absolute Gasteiger partial charge is 0.347 e. The first-order valence-corrected chi connectivity index (χ1v) is 6.19. The fraction of sp³-hybridized carbons (Fsp3) is 0.200. The zero-order chi connectivity index (χ0) is 10.7.